The van der Waals surface area contributed by atoms with Crippen LogP contribution in [0.1, 0.15) is 24.1 Å². The Bertz CT molecular complexity index is 957. The predicted octanol–water partition coefficient (Wildman–Crippen LogP) is 4.45. The summed E-state index contributed by atoms with van der Waals surface area (Å²) in [5.74, 6) is -3.63. The minimum Gasteiger partial charge on any atom is -0.495 e. The Balaban J connectivity index is 0.000000592. The quantitative estimate of drug-likeness (QED) is 0.355. The highest BCUT2D eigenvalue weighted by molar-refractivity contribution is 6.17. The molecule has 1 aromatic carbocycles. The number of aryl methyl sites for hydroxylation is 1. The van der Waals surface area contributed by atoms with Crippen molar-refractivity contribution < 1.29 is 42.1 Å². The predicted molar refractivity (Wildman–Crippen MR) is 104 cm³/mol. The molecule has 0 aliphatic carbocycles. The molecule has 0 atom stereocenters. The lowest BCUT2D eigenvalue weighted by atomic mass is 10.1. The molecule has 0 spiro atoms. The van der Waals surface area contributed by atoms with Gasteiger partial charge in [0.05, 0.1) is 24.8 Å². The summed E-state index contributed by atoms with van der Waals surface area (Å²) >= 11 is 5.60. The Hall–Kier alpha value is -3.08. The molecule has 0 bridgehead atoms. The van der Waals surface area contributed by atoms with Crippen molar-refractivity contribution in [2.24, 2.45) is 0 Å². The van der Waals surface area contributed by atoms with E-state index in [0.717, 1.165) is 5.69 Å². The fourth-order valence-corrected chi connectivity index (χ4v) is 2.41. The number of hydrogen-bond donors (Lipinski definition) is 2. The molecule has 0 amide bonds. The van der Waals surface area contributed by atoms with Gasteiger partial charge < -0.3 is 19.5 Å². The number of ether oxygens (including phenoxy) is 1. The van der Waals surface area contributed by atoms with Gasteiger partial charge in [-0.25, -0.2) is 19.0 Å². The van der Waals surface area contributed by atoms with Gasteiger partial charge in [-0.15, -0.1) is 11.6 Å². The Morgan fingerprint density at radius 1 is 1.29 bits per heavy atom. The zero-order chi connectivity index (χ0) is 23.8. The molecule has 0 saturated heterocycles. The Labute approximate surface area is 179 Å². The van der Waals surface area contributed by atoms with Gasteiger partial charge in [0, 0.05) is 29.3 Å². The largest absolute Gasteiger partial charge is 0.495 e. The van der Waals surface area contributed by atoms with E-state index >= 15 is 0 Å². The van der Waals surface area contributed by atoms with Crippen molar-refractivity contribution in [2.75, 3.05) is 13.0 Å². The maximum atomic E-state index is 14.5. The average Bonchev–Trinajstić information content (AvgIpc) is 3.11. The first-order chi connectivity index (χ1) is 14.4. The lowest BCUT2D eigenvalue weighted by Gasteiger charge is -2.11. The van der Waals surface area contributed by atoms with E-state index in [1.807, 2.05) is 6.92 Å². The van der Waals surface area contributed by atoms with E-state index in [-0.39, 0.29) is 17.6 Å². The number of halogens is 5. The number of alkyl halides is 4. The van der Waals surface area contributed by atoms with Crippen molar-refractivity contribution in [3.05, 3.63) is 47.3 Å². The third-order valence-electron chi connectivity index (χ3n) is 3.71. The minimum atomic E-state index is -5.08. The van der Waals surface area contributed by atoms with Crippen LogP contribution in [0.3, 0.4) is 0 Å². The number of aromatic nitrogens is 2. The van der Waals surface area contributed by atoms with Crippen LogP contribution in [0.5, 0.6) is 5.75 Å². The number of carboxylic acid groups (broad SMARTS) is 2. The van der Waals surface area contributed by atoms with E-state index < -0.39 is 23.9 Å². The van der Waals surface area contributed by atoms with Crippen molar-refractivity contribution in [1.82, 2.24) is 9.55 Å². The third kappa shape index (κ3) is 7.93. The number of nitrogens with zero attached hydrogens (tertiary/aromatic N) is 2. The molecule has 2 N–H and O–H groups in total. The van der Waals surface area contributed by atoms with Crippen LogP contribution in [0, 0.1) is 12.7 Å². The van der Waals surface area contributed by atoms with E-state index in [2.05, 4.69) is 4.98 Å². The third-order valence-corrected chi connectivity index (χ3v) is 3.98. The summed E-state index contributed by atoms with van der Waals surface area (Å²) in [7, 11) is 1.47. The van der Waals surface area contributed by atoms with Gasteiger partial charge in [-0.1, -0.05) is 0 Å². The van der Waals surface area contributed by atoms with E-state index in [1.54, 1.807) is 17.1 Å². The standard InChI is InChI=1S/C17H18ClFN2O3.C2HF3O2/c1-11-9-21(10-20-11)15-8-14(19)13(7-16(15)24-2)6-12(17(22)23)4-3-5-18;3-2(4,5)1(6)7/h6-10H,3-5H2,1-2H3,(H,22,23);(H,6,7)/b12-6+;. The maximum Gasteiger partial charge on any atom is 0.490 e. The first-order valence-corrected chi connectivity index (χ1v) is 9.12. The highest BCUT2D eigenvalue weighted by atomic mass is 35.5. The molecule has 31 heavy (non-hydrogen) atoms. The second-order valence-corrected chi connectivity index (χ2v) is 6.42. The van der Waals surface area contributed by atoms with Gasteiger partial charge in [0.2, 0.25) is 0 Å². The number of carboxylic acids is 2. The first kappa shape index (κ1) is 26.0. The highest BCUT2D eigenvalue weighted by Gasteiger charge is 2.38. The van der Waals surface area contributed by atoms with E-state index in [9.17, 15) is 27.5 Å². The molecular formula is C19H19ClF4N2O5. The lowest BCUT2D eigenvalue weighted by Crippen LogP contribution is -2.21. The van der Waals surface area contributed by atoms with Crippen LogP contribution in [0.15, 0.2) is 30.2 Å². The van der Waals surface area contributed by atoms with E-state index in [4.69, 9.17) is 26.2 Å². The molecule has 7 nitrogen and oxygen atoms in total. The van der Waals surface area contributed by atoms with E-state index in [1.165, 1.54) is 25.3 Å². The van der Waals surface area contributed by atoms with Gasteiger partial charge in [-0.05, 0) is 31.9 Å². The van der Waals surface area contributed by atoms with Crippen LogP contribution in [0.25, 0.3) is 11.8 Å². The molecular weight excluding hydrogens is 448 g/mol. The fourth-order valence-electron chi connectivity index (χ4n) is 2.27. The highest BCUT2D eigenvalue weighted by Crippen LogP contribution is 2.28. The van der Waals surface area contributed by atoms with Crippen molar-refractivity contribution >= 4 is 29.6 Å². The lowest BCUT2D eigenvalue weighted by molar-refractivity contribution is -0.192. The Morgan fingerprint density at radius 2 is 1.90 bits per heavy atom. The molecule has 0 fully saturated rings. The van der Waals surface area contributed by atoms with Crippen molar-refractivity contribution in [3.8, 4) is 11.4 Å². The first-order valence-electron chi connectivity index (χ1n) is 8.59. The summed E-state index contributed by atoms with van der Waals surface area (Å²) in [5, 5.41) is 16.4. The van der Waals surface area contributed by atoms with Gasteiger partial charge in [-0.2, -0.15) is 13.2 Å². The topological polar surface area (TPSA) is 102 Å². The zero-order valence-corrected chi connectivity index (χ0v) is 17.2. The Morgan fingerprint density at radius 3 is 2.32 bits per heavy atom. The number of carbonyl (C=O) groups is 2. The smallest absolute Gasteiger partial charge is 0.490 e. The molecule has 0 unspecified atom stereocenters. The summed E-state index contributed by atoms with van der Waals surface area (Å²) in [4.78, 5) is 24.3. The molecule has 0 saturated carbocycles. The van der Waals surface area contributed by atoms with Crippen LogP contribution in [-0.4, -0.2) is 50.9 Å². The van der Waals surface area contributed by atoms with Gasteiger partial charge in [0.1, 0.15) is 11.6 Å². The summed E-state index contributed by atoms with van der Waals surface area (Å²) in [6.07, 6.45) is 0.310. The second-order valence-electron chi connectivity index (χ2n) is 6.04. The van der Waals surface area contributed by atoms with Crippen molar-refractivity contribution in [3.63, 3.8) is 0 Å². The SMILES string of the molecule is COc1cc(/C=C(\CCCCl)C(=O)O)c(F)cc1-n1cnc(C)c1.O=C(O)C(F)(F)F. The number of imidazole rings is 1. The maximum absolute atomic E-state index is 14.5. The zero-order valence-electron chi connectivity index (χ0n) is 16.4. The molecule has 1 aromatic heterocycles. The number of methoxy groups -OCH3 is 1. The average molecular weight is 467 g/mol. The molecule has 1 heterocycles. The Kier molecular flexibility index (Phi) is 9.50. The number of aliphatic carboxylic acids is 2. The van der Waals surface area contributed by atoms with Crippen LogP contribution in [-0.2, 0) is 9.59 Å². The summed E-state index contributed by atoms with van der Waals surface area (Å²) < 4.78 is 53.2. The second kappa shape index (κ2) is 11.3. The summed E-state index contributed by atoms with van der Waals surface area (Å²) in [6, 6.07) is 2.77. The van der Waals surface area contributed by atoms with Crippen LogP contribution in [0.4, 0.5) is 17.6 Å². The summed E-state index contributed by atoms with van der Waals surface area (Å²) in [5.41, 5.74) is 1.53. The van der Waals surface area contributed by atoms with Crippen molar-refractivity contribution in [2.45, 2.75) is 25.9 Å². The van der Waals surface area contributed by atoms with Gasteiger partial charge in [0.15, 0.2) is 0 Å². The van der Waals surface area contributed by atoms with Gasteiger partial charge in [-0.3, -0.25) is 0 Å². The van der Waals surface area contributed by atoms with Gasteiger partial charge in [0.25, 0.3) is 0 Å². The van der Waals surface area contributed by atoms with Crippen molar-refractivity contribution in [1.29, 1.82) is 0 Å². The molecule has 12 heteroatoms. The molecule has 0 radical (unpaired) electrons. The van der Waals surface area contributed by atoms with Crippen LogP contribution in [0.2, 0.25) is 0 Å². The molecule has 0 aliphatic rings. The number of benzene rings is 1. The normalized spacial score (nSPS) is 11.5. The molecule has 2 rings (SSSR count). The molecule has 170 valence electrons. The van der Waals surface area contributed by atoms with Crippen LogP contribution >= 0.6 is 11.6 Å². The minimum absolute atomic E-state index is 0.0998. The molecule has 2 aromatic rings. The van der Waals surface area contributed by atoms with E-state index in [0.29, 0.717) is 23.7 Å². The summed E-state index contributed by atoms with van der Waals surface area (Å²) in [6.45, 7) is 1.83. The number of rotatable bonds is 7. The van der Waals surface area contributed by atoms with Gasteiger partial charge >= 0.3 is 18.1 Å². The fraction of sp³-hybridized carbons (Fsp3) is 0.316. The monoisotopic (exact) mass is 466 g/mol. The van der Waals surface area contributed by atoms with Crippen LogP contribution < -0.4 is 4.74 Å². The molecule has 0 aliphatic heterocycles. The number of hydrogen-bond acceptors (Lipinski definition) is 4.